The molecule has 0 radical (unpaired) electrons. The number of thioether (sulfide) groups is 1. The Morgan fingerprint density at radius 2 is 1.77 bits per heavy atom. The van der Waals surface area contributed by atoms with E-state index in [9.17, 15) is 9.59 Å². The number of ether oxygens (including phenoxy) is 2. The fourth-order valence-corrected chi connectivity index (χ4v) is 4.82. The summed E-state index contributed by atoms with van der Waals surface area (Å²) >= 11 is 7.11. The van der Waals surface area contributed by atoms with Crippen molar-refractivity contribution < 1.29 is 19.1 Å². The van der Waals surface area contributed by atoms with Gasteiger partial charge < -0.3 is 14.4 Å². The van der Waals surface area contributed by atoms with Crippen LogP contribution in [-0.2, 0) is 11.3 Å². The zero-order chi connectivity index (χ0) is 22.0. The van der Waals surface area contributed by atoms with Gasteiger partial charge in [0.1, 0.15) is 11.5 Å². The zero-order valence-corrected chi connectivity index (χ0v) is 19.0. The van der Waals surface area contributed by atoms with Crippen molar-refractivity contribution in [2.45, 2.75) is 19.4 Å². The Bertz CT molecular complexity index is 1050. The van der Waals surface area contributed by atoms with Crippen LogP contribution in [0.15, 0.2) is 41.3 Å². The molecule has 4 rings (SSSR count). The molecule has 0 aromatic heterocycles. The molecule has 0 bridgehead atoms. The predicted octanol–water partition coefficient (Wildman–Crippen LogP) is 5.19. The zero-order valence-electron chi connectivity index (χ0n) is 17.4. The molecule has 2 aliphatic heterocycles. The number of hydrogen-bond acceptors (Lipinski definition) is 6. The second-order valence-electron chi connectivity index (χ2n) is 7.32. The predicted molar refractivity (Wildman–Crippen MR) is 124 cm³/mol. The number of carbonyl (C=O) groups is 2. The number of benzene rings is 2. The third kappa shape index (κ3) is 4.38. The summed E-state index contributed by atoms with van der Waals surface area (Å²) in [6.45, 7) is 2.08. The standard InChI is InChI=1S/C23H23ClN2O4S/c1-29-19-13-18(25-9-5-6-10-25)20(30-2)11-16(19)12-21-22(27)26(23(28)31-21)14-15-7-3-4-8-17(15)24/h3-4,7-8,11-13H,5-6,9-10,14H2,1-2H3/b21-12-. The van der Waals surface area contributed by atoms with E-state index in [1.807, 2.05) is 24.3 Å². The van der Waals surface area contributed by atoms with Crippen LogP contribution in [0.4, 0.5) is 10.5 Å². The van der Waals surface area contributed by atoms with E-state index >= 15 is 0 Å². The van der Waals surface area contributed by atoms with Crippen LogP contribution in [-0.4, -0.2) is 43.4 Å². The average Bonchev–Trinajstić information content (AvgIpc) is 3.39. The van der Waals surface area contributed by atoms with Gasteiger partial charge in [0.05, 0.1) is 31.4 Å². The Balaban J connectivity index is 1.64. The van der Waals surface area contributed by atoms with E-state index in [1.54, 1.807) is 32.4 Å². The van der Waals surface area contributed by atoms with Crippen LogP contribution in [0.3, 0.4) is 0 Å². The van der Waals surface area contributed by atoms with Gasteiger partial charge >= 0.3 is 0 Å². The van der Waals surface area contributed by atoms with E-state index < -0.39 is 0 Å². The quantitative estimate of drug-likeness (QED) is 0.555. The molecule has 2 aromatic rings. The summed E-state index contributed by atoms with van der Waals surface area (Å²) in [5, 5.41) is 0.199. The average molecular weight is 459 g/mol. The fourth-order valence-electron chi connectivity index (χ4n) is 3.80. The van der Waals surface area contributed by atoms with Crippen molar-refractivity contribution >= 4 is 46.3 Å². The van der Waals surface area contributed by atoms with Gasteiger partial charge in [-0.25, -0.2) is 0 Å². The second kappa shape index (κ2) is 9.24. The van der Waals surface area contributed by atoms with Gasteiger partial charge in [0, 0.05) is 29.7 Å². The van der Waals surface area contributed by atoms with E-state index in [0.29, 0.717) is 27.0 Å². The van der Waals surface area contributed by atoms with E-state index in [4.69, 9.17) is 21.1 Å². The molecule has 0 unspecified atom stereocenters. The SMILES string of the molecule is COc1cc(N2CCCC2)c(OC)cc1/C=C1\SC(=O)N(Cc2ccccc2Cl)C1=O. The molecule has 0 spiro atoms. The number of carbonyl (C=O) groups excluding carboxylic acids is 2. The van der Waals surface area contributed by atoms with Crippen molar-refractivity contribution in [3.8, 4) is 11.5 Å². The maximum absolute atomic E-state index is 13.0. The van der Waals surface area contributed by atoms with Gasteiger partial charge in [-0.1, -0.05) is 29.8 Å². The minimum absolute atomic E-state index is 0.135. The second-order valence-corrected chi connectivity index (χ2v) is 8.72. The first kappa shape index (κ1) is 21.6. The number of methoxy groups -OCH3 is 2. The monoisotopic (exact) mass is 458 g/mol. The minimum atomic E-state index is -0.348. The van der Waals surface area contributed by atoms with Crippen LogP contribution in [0, 0.1) is 0 Å². The molecule has 2 amide bonds. The number of rotatable bonds is 6. The highest BCUT2D eigenvalue weighted by atomic mass is 35.5. The molecule has 8 heteroatoms. The molecule has 0 N–H and O–H groups in total. The van der Waals surface area contributed by atoms with E-state index in [2.05, 4.69) is 4.90 Å². The van der Waals surface area contributed by atoms with Crippen molar-refractivity contribution in [1.29, 1.82) is 0 Å². The van der Waals surface area contributed by atoms with Crippen LogP contribution < -0.4 is 14.4 Å². The molecule has 162 valence electrons. The lowest BCUT2D eigenvalue weighted by Gasteiger charge is -2.22. The Kier molecular flexibility index (Phi) is 6.43. The van der Waals surface area contributed by atoms with Gasteiger partial charge in [-0.2, -0.15) is 0 Å². The Labute approximate surface area is 190 Å². The highest BCUT2D eigenvalue weighted by molar-refractivity contribution is 8.18. The maximum Gasteiger partial charge on any atom is 0.293 e. The van der Waals surface area contributed by atoms with Gasteiger partial charge in [-0.3, -0.25) is 14.5 Å². The number of halogens is 1. The summed E-state index contributed by atoms with van der Waals surface area (Å²) < 4.78 is 11.2. The fraction of sp³-hybridized carbons (Fsp3) is 0.304. The normalized spacial score (nSPS) is 17.7. The van der Waals surface area contributed by atoms with Gasteiger partial charge in [-0.05, 0) is 48.4 Å². The molecule has 2 aromatic carbocycles. The lowest BCUT2D eigenvalue weighted by atomic mass is 10.1. The van der Waals surface area contributed by atoms with Gasteiger partial charge in [-0.15, -0.1) is 0 Å². The number of amides is 2. The van der Waals surface area contributed by atoms with Gasteiger partial charge in [0.25, 0.3) is 11.1 Å². The van der Waals surface area contributed by atoms with Crippen molar-refractivity contribution in [2.24, 2.45) is 0 Å². The largest absolute Gasteiger partial charge is 0.496 e. The lowest BCUT2D eigenvalue weighted by Crippen LogP contribution is -2.27. The van der Waals surface area contributed by atoms with Crippen molar-refractivity contribution in [3.05, 3.63) is 57.5 Å². The summed E-state index contributed by atoms with van der Waals surface area (Å²) in [6.07, 6.45) is 3.98. The van der Waals surface area contributed by atoms with Crippen molar-refractivity contribution in [2.75, 3.05) is 32.2 Å². The smallest absolute Gasteiger partial charge is 0.293 e. The third-order valence-corrected chi connectivity index (χ3v) is 6.70. The number of imide groups is 1. The first-order chi connectivity index (χ1) is 15.0. The Morgan fingerprint density at radius 3 is 2.45 bits per heavy atom. The molecule has 2 aliphatic rings. The lowest BCUT2D eigenvalue weighted by molar-refractivity contribution is -0.123. The summed E-state index contributed by atoms with van der Waals surface area (Å²) in [5.41, 5.74) is 2.38. The van der Waals surface area contributed by atoms with Crippen LogP contribution in [0.2, 0.25) is 5.02 Å². The topological polar surface area (TPSA) is 59.1 Å². The number of hydrogen-bond donors (Lipinski definition) is 0. The van der Waals surface area contributed by atoms with Gasteiger partial charge in [0.2, 0.25) is 0 Å². The molecule has 6 nitrogen and oxygen atoms in total. The molecule has 2 heterocycles. The van der Waals surface area contributed by atoms with Crippen LogP contribution in [0.1, 0.15) is 24.0 Å². The first-order valence-corrected chi connectivity index (χ1v) is 11.2. The van der Waals surface area contributed by atoms with Crippen molar-refractivity contribution in [1.82, 2.24) is 4.90 Å². The van der Waals surface area contributed by atoms with E-state index in [0.717, 1.165) is 48.9 Å². The molecule has 0 saturated carbocycles. The minimum Gasteiger partial charge on any atom is -0.496 e. The first-order valence-electron chi connectivity index (χ1n) is 10.0. The Morgan fingerprint density at radius 1 is 1.06 bits per heavy atom. The maximum atomic E-state index is 13.0. The van der Waals surface area contributed by atoms with E-state index in [1.165, 1.54) is 4.90 Å². The van der Waals surface area contributed by atoms with Crippen LogP contribution in [0.25, 0.3) is 6.08 Å². The van der Waals surface area contributed by atoms with Crippen LogP contribution >= 0.6 is 23.4 Å². The van der Waals surface area contributed by atoms with E-state index in [-0.39, 0.29) is 17.7 Å². The molecule has 2 saturated heterocycles. The number of nitrogens with zero attached hydrogens (tertiary/aromatic N) is 2. The number of anilines is 1. The molecule has 0 atom stereocenters. The summed E-state index contributed by atoms with van der Waals surface area (Å²) in [5.74, 6) is 0.990. The summed E-state index contributed by atoms with van der Waals surface area (Å²) in [6, 6.07) is 11.0. The summed E-state index contributed by atoms with van der Waals surface area (Å²) in [7, 11) is 3.22. The molecule has 0 aliphatic carbocycles. The van der Waals surface area contributed by atoms with Crippen molar-refractivity contribution in [3.63, 3.8) is 0 Å². The summed E-state index contributed by atoms with van der Waals surface area (Å²) in [4.78, 5) is 29.3. The highest BCUT2D eigenvalue weighted by Crippen LogP contribution is 2.40. The Hall–Kier alpha value is -2.64. The molecular weight excluding hydrogens is 436 g/mol. The third-order valence-electron chi connectivity index (χ3n) is 5.42. The molecule has 2 fully saturated rings. The van der Waals surface area contributed by atoms with Crippen LogP contribution in [0.5, 0.6) is 11.5 Å². The van der Waals surface area contributed by atoms with Gasteiger partial charge in [0.15, 0.2) is 0 Å². The molecule has 31 heavy (non-hydrogen) atoms. The highest BCUT2D eigenvalue weighted by Gasteiger charge is 2.35. The molecular formula is C23H23ClN2O4S.